The molecule has 0 heterocycles. The van der Waals surface area contributed by atoms with E-state index in [4.69, 9.17) is 17.4 Å². The van der Waals surface area contributed by atoms with Crippen molar-refractivity contribution in [2.24, 2.45) is 5.84 Å². The van der Waals surface area contributed by atoms with Crippen molar-refractivity contribution in [3.63, 3.8) is 0 Å². The molecule has 0 aliphatic carbocycles. The zero-order chi connectivity index (χ0) is 14.7. The van der Waals surface area contributed by atoms with Gasteiger partial charge in [0.1, 0.15) is 5.82 Å². The van der Waals surface area contributed by atoms with E-state index in [2.05, 4.69) is 21.4 Å². The Kier molecular flexibility index (Phi) is 5.16. The van der Waals surface area contributed by atoms with E-state index in [-0.39, 0.29) is 11.9 Å². The summed E-state index contributed by atoms with van der Waals surface area (Å²) in [6.07, 6.45) is 0.662. The fraction of sp³-hybridized carbons (Fsp3) is 0.200. The molecule has 0 saturated heterocycles. The zero-order valence-electron chi connectivity index (χ0n) is 11.0. The number of hydrogen-bond donors (Lipinski definition) is 2. The van der Waals surface area contributed by atoms with Gasteiger partial charge in [-0.3, -0.25) is 11.3 Å². The van der Waals surface area contributed by atoms with Crippen molar-refractivity contribution >= 4 is 27.5 Å². The van der Waals surface area contributed by atoms with E-state index in [0.29, 0.717) is 11.4 Å². The summed E-state index contributed by atoms with van der Waals surface area (Å²) >= 11 is 9.48. The van der Waals surface area contributed by atoms with Gasteiger partial charge in [0.15, 0.2) is 0 Å². The molecular formula is C15H15BrClFN2. The van der Waals surface area contributed by atoms with E-state index >= 15 is 0 Å². The summed E-state index contributed by atoms with van der Waals surface area (Å²) in [5.74, 6) is 5.42. The van der Waals surface area contributed by atoms with Crippen LogP contribution in [-0.4, -0.2) is 0 Å². The van der Waals surface area contributed by atoms with E-state index in [1.807, 2.05) is 25.1 Å². The lowest BCUT2D eigenvalue weighted by Crippen LogP contribution is -2.29. The molecule has 2 rings (SSSR count). The summed E-state index contributed by atoms with van der Waals surface area (Å²) in [4.78, 5) is 0. The van der Waals surface area contributed by atoms with Gasteiger partial charge in [0.25, 0.3) is 0 Å². The number of benzene rings is 2. The van der Waals surface area contributed by atoms with Gasteiger partial charge in [0.2, 0.25) is 0 Å². The van der Waals surface area contributed by atoms with E-state index in [0.717, 1.165) is 21.2 Å². The standard InChI is InChI=1S/C15H15BrClFN2/c1-9-4-14(18)3-2-10(9)7-15(20-19)11-5-12(16)8-13(17)6-11/h2-6,8,15,20H,7,19H2,1H3. The van der Waals surface area contributed by atoms with Crippen molar-refractivity contribution in [3.8, 4) is 0 Å². The Morgan fingerprint density at radius 1 is 1.30 bits per heavy atom. The van der Waals surface area contributed by atoms with Crippen molar-refractivity contribution in [1.29, 1.82) is 0 Å². The lowest BCUT2D eigenvalue weighted by Gasteiger charge is -2.18. The van der Waals surface area contributed by atoms with Gasteiger partial charge in [-0.15, -0.1) is 0 Å². The fourth-order valence-electron chi connectivity index (χ4n) is 2.16. The van der Waals surface area contributed by atoms with Gasteiger partial charge in [0, 0.05) is 9.50 Å². The van der Waals surface area contributed by atoms with Gasteiger partial charge in [-0.2, -0.15) is 0 Å². The van der Waals surface area contributed by atoms with Crippen molar-refractivity contribution in [3.05, 3.63) is 68.4 Å². The third-order valence-electron chi connectivity index (χ3n) is 3.22. The number of nitrogens with two attached hydrogens (primary N) is 1. The van der Waals surface area contributed by atoms with Crippen molar-refractivity contribution < 1.29 is 4.39 Å². The predicted molar refractivity (Wildman–Crippen MR) is 84.1 cm³/mol. The maximum atomic E-state index is 13.1. The third kappa shape index (κ3) is 3.79. The van der Waals surface area contributed by atoms with E-state index in [1.54, 1.807) is 6.07 Å². The first-order valence-corrected chi connectivity index (χ1v) is 7.34. The molecule has 20 heavy (non-hydrogen) atoms. The lowest BCUT2D eigenvalue weighted by atomic mass is 9.96. The summed E-state index contributed by atoms with van der Waals surface area (Å²) in [7, 11) is 0. The minimum Gasteiger partial charge on any atom is -0.271 e. The zero-order valence-corrected chi connectivity index (χ0v) is 13.3. The Labute approximate surface area is 131 Å². The van der Waals surface area contributed by atoms with Crippen LogP contribution in [0.2, 0.25) is 5.02 Å². The molecule has 0 fully saturated rings. The Hall–Kier alpha value is -0.940. The van der Waals surface area contributed by atoms with E-state index in [1.165, 1.54) is 12.1 Å². The highest BCUT2D eigenvalue weighted by molar-refractivity contribution is 9.10. The normalized spacial score (nSPS) is 12.4. The van der Waals surface area contributed by atoms with Gasteiger partial charge in [-0.05, 0) is 60.4 Å². The maximum absolute atomic E-state index is 13.1. The molecule has 0 aromatic heterocycles. The van der Waals surface area contributed by atoms with Crippen molar-refractivity contribution in [2.75, 3.05) is 0 Å². The Morgan fingerprint density at radius 2 is 2.05 bits per heavy atom. The molecule has 0 aliphatic rings. The second-order valence-electron chi connectivity index (χ2n) is 4.70. The van der Waals surface area contributed by atoms with Crippen LogP contribution in [0.5, 0.6) is 0 Å². The van der Waals surface area contributed by atoms with Crippen molar-refractivity contribution in [2.45, 2.75) is 19.4 Å². The van der Waals surface area contributed by atoms with Crippen LogP contribution in [0.4, 0.5) is 4.39 Å². The third-order valence-corrected chi connectivity index (χ3v) is 3.89. The first-order valence-electron chi connectivity index (χ1n) is 6.16. The minimum atomic E-state index is -0.228. The highest BCUT2D eigenvalue weighted by Gasteiger charge is 2.13. The number of nitrogens with one attached hydrogen (secondary N) is 1. The molecule has 1 unspecified atom stereocenters. The first kappa shape index (κ1) is 15.4. The van der Waals surface area contributed by atoms with E-state index < -0.39 is 0 Å². The molecule has 2 aromatic carbocycles. The van der Waals surface area contributed by atoms with Crippen LogP contribution in [-0.2, 0) is 6.42 Å². The number of aryl methyl sites for hydroxylation is 1. The highest BCUT2D eigenvalue weighted by Crippen LogP contribution is 2.26. The van der Waals surface area contributed by atoms with Crippen LogP contribution in [0, 0.1) is 12.7 Å². The predicted octanol–water partition coefficient (Wildman–Crippen LogP) is 4.30. The SMILES string of the molecule is Cc1cc(F)ccc1CC(NN)c1cc(Cl)cc(Br)c1. The average Bonchev–Trinajstić information content (AvgIpc) is 2.36. The lowest BCUT2D eigenvalue weighted by molar-refractivity contribution is 0.549. The number of hydrazine groups is 1. The summed E-state index contributed by atoms with van der Waals surface area (Å²) in [5.41, 5.74) is 5.73. The monoisotopic (exact) mass is 356 g/mol. The van der Waals surface area contributed by atoms with Crippen LogP contribution >= 0.6 is 27.5 Å². The minimum absolute atomic E-state index is 0.0887. The number of halogens is 3. The summed E-state index contributed by atoms with van der Waals surface area (Å²) < 4.78 is 14.0. The average molecular weight is 358 g/mol. The Bertz CT molecular complexity index is 599. The molecule has 2 aromatic rings. The molecule has 0 spiro atoms. The van der Waals surface area contributed by atoms with Crippen LogP contribution in [0.1, 0.15) is 22.7 Å². The van der Waals surface area contributed by atoms with E-state index in [9.17, 15) is 4.39 Å². The summed E-state index contributed by atoms with van der Waals surface area (Å²) in [6, 6.07) is 10.3. The molecule has 5 heteroatoms. The van der Waals surface area contributed by atoms with Crippen LogP contribution in [0.25, 0.3) is 0 Å². The Morgan fingerprint density at radius 3 is 2.65 bits per heavy atom. The molecule has 0 bridgehead atoms. The van der Waals surface area contributed by atoms with Gasteiger partial charge in [-0.1, -0.05) is 33.6 Å². The maximum Gasteiger partial charge on any atom is 0.123 e. The molecule has 0 radical (unpaired) electrons. The molecule has 3 N–H and O–H groups in total. The summed E-state index contributed by atoms with van der Waals surface area (Å²) in [5, 5.41) is 0.644. The van der Waals surface area contributed by atoms with Gasteiger partial charge < -0.3 is 0 Å². The Balaban J connectivity index is 2.28. The second kappa shape index (κ2) is 6.68. The fourth-order valence-corrected chi connectivity index (χ4v) is 3.04. The number of rotatable bonds is 4. The topological polar surface area (TPSA) is 38.0 Å². The quantitative estimate of drug-likeness (QED) is 0.632. The van der Waals surface area contributed by atoms with Gasteiger partial charge in [-0.25, -0.2) is 4.39 Å². The van der Waals surface area contributed by atoms with Gasteiger partial charge in [0.05, 0.1) is 6.04 Å². The molecular weight excluding hydrogens is 343 g/mol. The molecule has 0 amide bonds. The van der Waals surface area contributed by atoms with Crippen molar-refractivity contribution in [1.82, 2.24) is 5.43 Å². The van der Waals surface area contributed by atoms with Crippen LogP contribution in [0.15, 0.2) is 40.9 Å². The smallest absolute Gasteiger partial charge is 0.123 e. The van der Waals surface area contributed by atoms with Crippen LogP contribution < -0.4 is 11.3 Å². The number of hydrogen-bond acceptors (Lipinski definition) is 2. The highest BCUT2D eigenvalue weighted by atomic mass is 79.9. The molecule has 1 atom stereocenters. The molecule has 0 saturated carbocycles. The largest absolute Gasteiger partial charge is 0.271 e. The summed E-state index contributed by atoms with van der Waals surface area (Å²) in [6.45, 7) is 1.89. The molecule has 106 valence electrons. The molecule has 2 nitrogen and oxygen atoms in total. The van der Waals surface area contributed by atoms with Crippen LogP contribution in [0.3, 0.4) is 0 Å². The van der Waals surface area contributed by atoms with Gasteiger partial charge >= 0.3 is 0 Å². The molecule has 0 aliphatic heterocycles. The second-order valence-corrected chi connectivity index (χ2v) is 6.05. The first-order chi connectivity index (χ1) is 9.49.